The van der Waals surface area contributed by atoms with Crippen LogP contribution >= 0.6 is 0 Å². The molecule has 0 aliphatic heterocycles. The summed E-state index contributed by atoms with van der Waals surface area (Å²) in [7, 11) is 1.63. The molecule has 2 aromatic rings. The zero-order chi connectivity index (χ0) is 13.7. The number of aromatic hydroxyl groups is 1. The molecule has 0 aromatic heterocycles. The van der Waals surface area contributed by atoms with Crippen LogP contribution in [0.25, 0.3) is 12.2 Å². The monoisotopic (exact) mass is 254 g/mol. The van der Waals surface area contributed by atoms with E-state index in [-0.39, 0.29) is 11.2 Å². The lowest BCUT2D eigenvalue weighted by atomic mass is 10.1. The SMILES string of the molecule is COc1ccc(/C=C/c2ccc(O)c(=O)cc2)cc1. The summed E-state index contributed by atoms with van der Waals surface area (Å²) in [6, 6.07) is 13.7. The van der Waals surface area contributed by atoms with Crippen LogP contribution in [0.5, 0.6) is 11.5 Å². The average molecular weight is 254 g/mol. The van der Waals surface area contributed by atoms with Gasteiger partial charge in [-0.1, -0.05) is 36.4 Å². The molecule has 0 fully saturated rings. The fraction of sp³-hybridized carbons (Fsp3) is 0.0625. The molecule has 0 radical (unpaired) electrons. The van der Waals surface area contributed by atoms with Crippen LogP contribution in [-0.4, -0.2) is 12.2 Å². The van der Waals surface area contributed by atoms with Crippen molar-refractivity contribution in [3.63, 3.8) is 0 Å². The fourth-order valence-electron chi connectivity index (χ4n) is 1.59. The van der Waals surface area contributed by atoms with Crippen molar-refractivity contribution in [2.24, 2.45) is 0 Å². The first kappa shape index (κ1) is 12.9. The Hall–Kier alpha value is -2.55. The van der Waals surface area contributed by atoms with E-state index in [0.29, 0.717) is 0 Å². The van der Waals surface area contributed by atoms with Crippen LogP contribution in [0.4, 0.5) is 0 Å². The van der Waals surface area contributed by atoms with Gasteiger partial charge in [0.25, 0.3) is 0 Å². The van der Waals surface area contributed by atoms with E-state index in [4.69, 9.17) is 4.74 Å². The summed E-state index contributed by atoms with van der Waals surface area (Å²) in [6.07, 6.45) is 3.80. The molecule has 3 nitrogen and oxygen atoms in total. The van der Waals surface area contributed by atoms with E-state index < -0.39 is 0 Å². The van der Waals surface area contributed by atoms with Crippen molar-refractivity contribution in [3.05, 3.63) is 69.9 Å². The Balaban J connectivity index is 2.22. The first-order valence-corrected chi connectivity index (χ1v) is 5.84. The summed E-state index contributed by atoms with van der Waals surface area (Å²) >= 11 is 0. The zero-order valence-electron chi connectivity index (χ0n) is 10.5. The number of ether oxygens (including phenoxy) is 1. The van der Waals surface area contributed by atoms with Crippen LogP contribution in [0.2, 0.25) is 0 Å². The molecule has 0 amide bonds. The van der Waals surface area contributed by atoms with E-state index in [9.17, 15) is 9.90 Å². The molecule has 2 rings (SSSR count). The number of hydrogen-bond donors (Lipinski definition) is 1. The third-order valence-corrected chi connectivity index (χ3v) is 2.70. The number of benzene rings is 1. The van der Waals surface area contributed by atoms with Crippen LogP contribution < -0.4 is 10.2 Å². The van der Waals surface area contributed by atoms with E-state index in [2.05, 4.69) is 0 Å². The highest BCUT2D eigenvalue weighted by Gasteiger charge is 1.93. The molecule has 3 heteroatoms. The lowest BCUT2D eigenvalue weighted by Crippen LogP contribution is -1.91. The molecule has 0 aliphatic rings. The average Bonchev–Trinajstić information content (AvgIpc) is 2.61. The van der Waals surface area contributed by atoms with Gasteiger partial charge in [-0.25, -0.2) is 0 Å². The maximum atomic E-state index is 11.2. The van der Waals surface area contributed by atoms with Gasteiger partial charge in [0.15, 0.2) is 5.75 Å². The highest BCUT2D eigenvalue weighted by molar-refractivity contribution is 5.69. The Kier molecular flexibility index (Phi) is 3.98. The third kappa shape index (κ3) is 3.45. The van der Waals surface area contributed by atoms with E-state index in [1.54, 1.807) is 19.2 Å². The Morgan fingerprint density at radius 1 is 0.895 bits per heavy atom. The summed E-state index contributed by atoms with van der Waals surface area (Å²) in [5.74, 6) is 0.563. The molecule has 1 N–H and O–H groups in total. The van der Waals surface area contributed by atoms with Gasteiger partial charge in [0.05, 0.1) is 7.11 Å². The summed E-state index contributed by atoms with van der Waals surface area (Å²) in [6.45, 7) is 0. The quantitative estimate of drug-likeness (QED) is 0.916. The van der Waals surface area contributed by atoms with E-state index >= 15 is 0 Å². The number of rotatable bonds is 3. The van der Waals surface area contributed by atoms with Crippen molar-refractivity contribution in [3.8, 4) is 11.5 Å². The molecular formula is C16H14O3. The smallest absolute Gasteiger partial charge is 0.220 e. The van der Waals surface area contributed by atoms with Crippen molar-refractivity contribution in [1.29, 1.82) is 0 Å². The molecule has 96 valence electrons. The first-order valence-electron chi connectivity index (χ1n) is 5.84. The Bertz CT molecular complexity index is 643. The van der Waals surface area contributed by atoms with Gasteiger partial charge in [0.2, 0.25) is 5.43 Å². The predicted octanol–water partition coefficient (Wildman–Crippen LogP) is 2.93. The second-order valence-corrected chi connectivity index (χ2v) is 4.02. The van der Waals surface area contributed by atoms with Gasteiger partial charge in [-0.05, 0) is 35.4 Å². The predicted molar refractivity (Wildman–Crippen MR) is 76.3 cm³/mol. The van der Waals surface area contributed by atoms with Gasteiger partial charge >= 0.3 is 0 Å². The molecule has 0 aliphatic carbocycles. The molecule has 0 saturated heterocycles. The van der Waals surface area contributed by atoms with Gasteiger partial charge in [0.1, 0.15) is 5.75 Å². The summed E-state index contributed by atoms with van der Waals surface area (Å²) in [5, 5.41) is 9.30. The minimum atomic E-state index is -0.385. The van der Waals surface area contributed by atoms with Crippen LogP contribution in [-0.2, 0) is 0 Å². The van der Waals surface area contributed by atoms with Crippen molar-refractivity contribution in [1.82, 2.24) is 0 Å². The summed E-state index contributed by atoms with van der Waals surface area (Å²) in [4.78, 5) is 11.2. The molecule has 0 bridgehead atoms. The minimum Gasteiger partial charge on any atom is -0.504 e. The maximum Gasteiger partial charge on any atom is 0.220 e. The molecule has 0 spiro atoms. The normalized spacial score (nSPS) is 10.6. The van der Waals surface area contributed by atoms with E-state index in [1.165, 1.54) is 12.1 Å². The van der Waals surface area contributed by atoms with E-state index in [1.807, 2.05) is 36.4 Å². The molecular weight excluding hydrogens is 240 g/mol. The standard InChI is InChI=1S/C16H14O3/c1-19-14-8-4-12(5-9-14)2-3-13-6-10-15(17)16(18)11-7-13/h2-11H,1H3,(H,17,18)/b3-2+. The first-order chi connectivity index (χ1) is 9.19. The van der Waals surface area contributed by atoms with Gasteiger partial charge < -0.3 is 9.84 Å². The maximum absolute atomic E-state index is 11.2. The van der Waals surface area contributed by atoms with Crippen molar-refractivity contribution >= 4 is 12.2 Å². The van der Waals surface area contributed by atoms with Gasteiger partial charge in [-0.3, -0.25) is 4.79 Å². The largest absolute Gasteiger partial charge is 0.504 e. The van der Waals surface area contributed by atoms with Crippen molar-refractivity contribution in [2.75, 3.05) is 7.11 Å². The van der Waals surface area contributed by atoms with Crippen LogP contribution in [0, 0.1) is 0 Å². The van der Waals surface area contributed by atoms with Crippen LogP contribution in [0.1, 0.15) is 11.1 Å². The Morgan fingerprint density at radius 3 is 2.00 bits per heavy atom. The zero-order valence-corrected chi connectivity index (χ0v) is 10.5. The Labute approximate surface area is 111 Å². The molecule has 0 saturated carbocycles. The number of methoxy groups -OCH3 is 1. The Morgan fingerprint density at radius 2 is 1.42 bits per heavy atom. The van der Waals surface area contributed by atoms with E-state index in [0.717, 1.165) is 16.9 Å². The van der Waals surface area contributed by atoms with Crippen molar-refractivity contribution in [2.45, 2.75) is 0 Å². The summed E-state index contributed by atoms with van der Waals surface area (Å²) in [5.41, 5.74) is 1.48. The minimum absolute atomic E-state index is 0.246. The second-order valence-electron chi connectivity index (χ2n) is 4.02. The van der Waals surface area contributed by atoms with Gasteiger partial charge in [-0.2, -0.15) is 0 Å². The fourth-order valence-corrected chi connectivity index (χ4v) is 1.59. The number of hydrogen-bond acceptors (Lipinski definition) is 3. The molecule has 2 aromatic carbocycles. The van der Waals surface area contributed by atoms with Gasteiger partial charge in [0, 0.05) is 0 Å². The van der Waals surface area contributed by atoms with Gasteiger partial charge in [-0.15, -0.1) is 0 Å². The lowest BCUT2D eigenvalue weighted by Gasteiger charge is -1.98. The molecule has 0 unspecified atom stereocenters. The lowest BCUT2D eigenvalue weighted by molar-refractivity contribution is 0.415. The highest BCUT2D eigenvalue weighted by atomic mass is 16.5. The van der Waals surface area contributed by atoms with Crippen LogP contribution in [0.3, 0.4) is 0 Å². The van der Waals surface area contributed by atoms with Crippen LogP contribution in [0.15, 0.2) is 53.3 Å². The molecule has 19 heavy (non-hydrogen) atoms. The van der Waals surface area contributed by atoms with Crippen molar-refractivity contribution < 1.29 is 9.84 Å². The molecule has 0 atom stereocenters. The summed E-state index contributed by atoms with van der Waals surface area (Å²) < 4.78 is 5.08. The highest BCUT2D eigenvalue weighted by Crippen LogP contribution is 2.14. The second kappa shape index (κ2) is 5.87. The third-order valence-electron chi connectivity index (χ3n) is 2.70. The topological polar surface area (TPSA) is 46.5 Å². The molecule has 0 heterocycles.